The van der Waals surface area contributed by atoms with Crippen molar-refractivity contribution in [3.05, 3.63) is 48.0 Å². The Bertz CT molecular complexity index is 599. The fourth-order valence-corrected chi connectivity index (χ4v) is 2.98. The topological polar surface area (TPSA) is 29.1 Å². The summed E-state index contributed by atoms with van der Waals surface area (Å²) >= 11 is 0. The molecule has 1 saturated heterocycles. The lowest BCUT2D eigenvalue weighted by atomic mass is 9.96. The van der Waals surface area contributed by atoms with Crippen LogP contribution in [0.2, 0.25) is 0 Å². The van der Waals surface area contributed by atoms with Crippen LogP contribution in [0.1, 0.15) is 42.5 Å². The molecule has 1 heterocycles. The van der Waals surface area contributed by atoms with E-state index >= 15 is 0 Å². The lowest BCUT2D eigenvalue weighted by Crippen LogP contribution is -2.34. The first-order chi connectivity index (χ1) is 9.83. The Hall–Kier alpha value is -1.67. The van der Waals surface area contributed by atoms with Gasteiger partial charge in [-0.2, -0.15) is 0 Å². The highest BCUT2D eigenvalue weighted by molar-refractivity contribution is 5.99. The molecule has 1 aliphatic rings. The van der Waals surface area contributed by atoms with Crippen LogP contribution in [0.4, 0.5) is 0 Å². The number of rotatable bonds is 4. The van der Waals surface area contributed by atoms with E-state index in [4.69, 9.17) is 0 Å². The zero-order valence-corrected chi connectivity index (χ0v) is 11.8. The number of nitrogens with one attached hydrogen (secondary N) is 1. The van der Waals surface area contributed by atoms with Gasteiger partial charge in [-0.15, -0.1) is 0 Å². The first-order valence-electron chi connectivity index (χ1n) is 7.58. The maximum absolute atomic E-state index is 12.3. The second kappa shape index (κ2) is 6.19. The molecule has 1 aliphatic heterocycles. The molecule has 1 atom stereocenters. The van der Waals surface area contributed by atoms with Gasteiger partial charge in [-0.3, -0.25) is 4.79 Å². The number of Topliss-reactive ketones (excluding diaryl/α,β-unsaturated/α-hetero) is 1. The van der Waals surface area contributed by atoms with Gasteiger partial charge in [0.25, 0.3) is 0 Å². The quantitative estimate of drug-likeness (QED) is 0.850. The third-order valence-electron chi connectivity index (χ3n) is 4.20. The second-order valence-electron chi connectivity index (χ2n) is 5.67. The maximum atomic E-state index is 12.3. The molecule has 0 saturated carbocycles. The Morgan fingerprint density at radius 2 is 1.95 bits per heavy atom. The Kier molecular flexibility index (Phi) is 4.12. The molecule has 2 nitrogen and oxygen atoms in total. The fraction of sp³-hybridized carbons (Fsp3) is 0.389. The van der Waals surface area contributed by atoms with E-state index < -0.39 is 0 Å². The van der Waals surface area contributed by atoms with Crippen LogP contribution in [0, 0.1) is 0 Å². The molecule has 3 rings (SSSR count). The van der Waals surface area contributed by atoms with Crippen LogP contribution in [-0.4, -0.2) is 18.4 Å². The molecule has 0 aliphatic carbocycles. The van der Waals surface area contributed by atoms with E-state index in [0.29, 0.717) is 12.5 Å². The molecule has 0 bridgehead atoms. The third kappa shape index (κ3) is 3.07. The second-order valence-corrected chi connectivity index (χ2v) is 5.67. The molecule has 104 valence electrons. The van der Waals surface area contributed by atoms with E-state index in [1.165, 1.54) is 24.6 Å². The summed E-state index contributed by atoms with van der Waals surface area (Å²) in [6, 6.07) is 14.7. The SMILES string of the molecule is O=C(CCC1CCCCN1)c1ccc2ccccc2c1. The summed E-state index contributed by atoms with van der Waals surface area (Å²) in [6.07, 6.45) is 5.39. The summed E-state index contributed by atoms with van der Waals surface area (Å²) in [5.41, 5.74) is 0.847. The van der Waals surface area contributed by atoms with Gasteiger partial charge in [0.15, 0.2) is 5.78 Å². The number of carbonyl (C=O) groups excluding carboxylic acids is 1. The van der Waals surface area contributed by atoms with Crippen molar-refractivity contribution in [1.29, 1.82) is 0 Å². The summed E-state index contributed by atoms with van der Waals surface area (Å²) in [4.78, 5) is 12.3. The van der Waals surface area contributed by atoms with Gasteiger partial charge in [0, 0.05) is 18.0 Å². The highest BCUT2D eigenvalue weighted by atomic mass is 16.1. The molecule has 1 unspecified atom stereocenters. The molecule has 2 aromatic carbocycles. The third-order valence-corrected chi connectivity index (χ3v) is 4.20. The molecule has 0 aromatic heterocycles. The van der Waals surface area contributed by atoms with Crippen molar-refractivity contribution in [1.82, 2.24) is 5.32 Å². The highest BCUT2D eigenvalue weighted by Gasteiger charge is 2.14. The minimum Gasteiger partial charge on any atom is -0.314 e. The first-order valence-corrected chi connectivity index (χ1v) is 7.58. The molecular formula is C18H21NO. The van der Waals surface area contributed by atoms with Crippen molar-refractivity contribution in [3.8, 4) is 0 Å². The van der Waals surface area contributed by atoms with Gasteiger partial charge < -0.3 is 5.32 Å². The smallest absolute Gasteiger partial charge is 0.162 e. The average Bonchev–Trinajstić information content (AvgIpc) is 2.53. The zero-order chi connectivity index (χ0) is 13.8. The number of benzene rings is 2. The fourth-order valence-electron chi connectivity index (χ4n) is 2.98. The molecular weight excluding hydrogens is 246 g/mol. The van der Waals surface area contributed by atoms with Gasteiger partial charge in [0.2, 0.25) is 0 Å². The summed E-state index contributed by atoms with van der Waals surface area (Å²) in [5, 5.41) is 5.84. The number of piperidine rings is 1. The Morgan fingerprint density at radius 1 is 1.10 bits per heavy atom. The average molecular weight is 267 g/mol. The van der Waals surface area contributed by atoms with Gasteiger partial charge in [0.05, 0.1) is 0 Å². The number of ketones is 1. The van der Waals surface area contributed by atoms with Gasteiger partial charge in [0.1, 0.15) is 0 Å². The van der Waals surface area contributed by atoms with Gasteiger partial charge in [-0.1, -0.05) is 42.8 Å². The molecule has 20 heavy (non-hydrogen) atoms. The Balaban J connectivity index is 1.65. The van der Waals surface area contributed by atoms with E-state index in [1.807, 2.05) is 30.3 Å². The zero-order valence-electron chi connectivity index (χ0n) is 11.8. The van der Waals surface area contributed by atoms with E-state index in [9.17, 15) is 4.79 Å². The van der Waals surface area contributed by atoms with Crippen molar-refractivity contribution >= 4 is 16.6 Å². The van der Waals surface area contributed by atoms with Crippen LogP contribution in [0.5, 0.6) is 0 Å². The number of hydrogen-bond acceptors (Lipinski definition) is 2. The van der Waals surface area contributed by atoms with Gasteiger partial charge in [-0.05, 0) is 42.6 Å². The van der Waals surface area contributed by atoms with E-state index in [0.717, 1.165) is 23.9 Å². The summed E-state index contributed by atoms with van der Waals surface area (Å²) in [6.45, 7) is 1.11. The molecule has 0 amide bonds. The van der Waals surface area contributed by atoms with Crippen molar-refractivity contribution in [2.75, 3.05) is 6.54 Å². The summed E-state index contributed by atoms with van der Waals surface area (Å²) < 4.78 is 0. The van der Waals surface area contributed by atoms with Crippen LogP contribution < -0.4 is 5.32 Å². The predicted octanol–water partition coefficient (Wildman–Crippen LogP) is 3.94. The highest BCUT2D eigenvalue weighted by Crippen LogP contribution is 2.18. The predicted molar refractivity (Wildman–Crippen MR) is 83.2 cm³/mol. The lowest BCUT2D eigenvalue weighted by molar-refractivity contribution is 0.0974. The van der Waals surface area contributed by atoms with Crippen molar-refractivity contribution in [3.63, 3.8) is 0 Å². The normalized spacial score (nSPS) is 19.1. The van der Waals surface area contributed by atoms with E-state index in [1.54, 1.807) is 0 Å². The van der Waals surface area contributed by atoms with Crippen molar-refractivity contribution in [2.45, 2.75) is 38.1 Å². The number of carbonyl (C=O) groups is 1. The number of hydrogen-bond donors (Lipinski definition) is 1. The van der Waals surface area contributed by atoms with Crippen LogP contribution in [0.15, 0.2) is 42.5 Å². The minimum absolute atomic E-state index is 0.267. The van der Waals surface area contributed by atoms with Crippen molar-refractivity contribution in [2.24, 2.45) is 0 Å². The molecule has 2 heteroatoms. The molecule has 0 radical (unpaired) electrons. The van der Waals surface area contributed by atoms with E-state index in [2.05, 4.69) is 17.4 Å². The molecule has 1 N–H and O–H groups in total. The summed E-state index contributed by atoms with van der Waals surface area (Å²) in [5.74, 6) is 0.267. The Labute approximate surface area is 120 Å². The lowest BCUT2D eigenvalue weighted by Gasteiger charge is -2.23. The van der Waals surface area contributed by atoms with Crippen LogP contribution >= 0.6 is 0 Å². The first kappa shape index (κ1) is 13.3. The van der Waals surface area contributed by atoms with Crippen LogP contribution in [0.25, 0.3) is 10.8 Å². The van der Waals surface area contributed by atoms with Crippen LogP contribution in [0.3, 0.4) is 0 Å². The van der Waals surface area contributed by atoms with Crippen LogP contribution in [-0.2, 0) is 0 Å². The van der Waals surface area contributed by atoms with Gasteiger partial charge in [-0.25, -0.2) is 0 Å². The standard InChI is InChI=1S/C18H21NO/c20-18(11-10-17-7-3-4-12-19-17)16-9-8-14-5-1-2-6-15(14)13-16/h1-2,5-6,8-9,13,17,19H,3-4,7,10-12H2. The van der Waals surface area contributed by atoms with Crippen molar-refractivity contribution < 1.29 is 4.79 Å². The number of fused-ring (bicyclic) bond motifs is 1. The monoisotopic (exact) mass is 267 g/mol. The largest absolute Gasteiger partial charge is 0.314 e. The molecule has 0 spiro atoms. The molecule has 1 fully saturated rings. The van der Waals surface area contributed by atoms with Gasteiger partial charge >= 0.3 is 0 Å². The maximum Gasteiger partial charge on any atom is 0.162 e. The molecule has 2 aromatic rings. The minimum atomic E-state index is 0.267. The Morgan fingerprint density at radius 3 is 2.75 bits per heavy atom. The summed E-state index contributed by atoms with van der Waals surface area (Å²) in [7, 11) is 0. The van der Waals surface area contributed by atoms with E-state index in [-0.39, 0.29) is 5.78 Å².